The average molecular weight is 482 g/mol. The Hall–Kier alpha value is -2.56. The fourth-order valence-corrected chi connectivity index (χ4v) is 4.86. The largest absolute Gasteiger partial charge is 0.383 e. The van der Waals surface area contributed by atoms with E-state index in [9.17, 15) is 18.8 Å². The first-order valence-electron chi connectivity index (χ1n) is 10.8. The van der Waals surface area contributed by atoms with Gasteiger partial charge in [-0.3, -0.25) is 24.7 Å². The van der Waals surface area contributed by atoms with Crippen LogP contribution in [-0.4, -0.2) is 55.4 Å². The van der Waals surface area contributed by atoms with Crippen molar-refractivity contribution in [3.05, 3.63) is 29.0 Å². The Morgan fingerprint density at radius 3 is 2.64 bits per heavy atom. The number of nitrogens with two attached hydrogens (primary N) is 1. The van der Waals surface area contributed by atoms with Crippen LogP contribution in [-0.2, 0) is 19.1 Å². The topological polar surface area (TPSA) is 135 Å². The molecule has 1 fully saturated rings. The van der Waals surface area contributed by atoms with E-state index in [0.717, 1.165) is 6.07 Å². The van der Waals surface area contributed by atoms with Crippen LogP contribution in [0.5, 0.6) is 0 Å². The monoisotopic (exact) mass is 481 g/mol. The molecule has 3 amide bonds. The van der Waals surface area contributed by atoms with E-state index in [0.29, 0.717) is 38.0 Å². The molecule has 0 bridgehead atoms. The van der Waals surface area contributed by atoms with Crippen molar-refractivity contribution >= 4 is 40.7 Å². The molecule has 180 valence electrons. The highest BCUT2D eigenvalue weighted by Gasteiger charge is 2.54. The minimum atomic E-state index is -1.39. The van der Waals surface area contributed by atoms with Crippen molar-refractivity contribution < 1.29 is 23.5 Å². The smallest absolute Gasteiger partial charge is 0.268 e. The molecule has 1 saturated carbocycles. The zero-order chi connectivity index (χ0) is 24.2. The molecule has 5 N–H and O–H groups in total. The van der Waals surface area contributed by atoms with E-state index in [1.807, 2.05) is 0 Å². The molecule has 2 aliphatic rings. The number of primary amides is 1. The van der Waals surface area contributed by atoms with Crippen LogP contribution in [0.1, 0.15) is 32.6 Å². The van der Waals surface area contributed by atoms with Crippen LogP contribution >= 0.6 is 11.6 Å². The molecule has 0 spiro atoms. The molecule has 1 aliphatic heterocycles. The molecular formula is C22H29ClFN5O4. The third-order valence-corrected chi connectivity index (χ3v) is 6.58. The second-order valence-electron chi connectivity index (χ2n) is 8.51. The van der Waals surface area contributed by atoms with Crippen molar-refractivity contribution in [2.45, 2.75) is 44.2 Å². The number of methoxy groups -OCH3 is 1. The van der Waals surface area contributed by atoms with E-state index in [4.69, 9.17) is 22.1 Å². The molecule has 2 atom stereocenters. The lowest BCUT2D eigenvalue weighted by Gasteiger charge is -2.39. The number of aliphatic imine (C=N–C) groups is 1. The van der Waals surface area contributed by atoms with Gasteiger partial charge in [-0.25, -0.2) is 4.39 Å². The number of benzene rings is 1. The van der Waals surface area contributed by atoms with Crippen LogP contribution in [0.3, 0.4) is 0 Å². The van der Waals surface area contributed by atoms with E-state index < -0.39 is 23.2 Å². The lowest BCUT2D eigenvalue weighted by Crippen LogP contribution is -2.66. The van der Waals surface area contributed by atoms with Gasteiger partial charge in [0.15, 0.2) is 0 Å². The quantitative estimate of drug-likeness (QED) is 0.447. The number of rotatable bonds is 8. The summed E-state index contributed by atoms with van der Waals surface area (Å²) in [5, 5.41) is 8.70. The van der Waals surface area contributed by atoms with E-state index in [1.54, 1.807) is 6.92 Å². The number of amides is 3. The molecule has 1 aliphatic carbocycles. The first-order chi connectivity index (χ1) is 15.7. The predicted octanol–water partition coefficient (Wildman–Crippen LogP) is 1.60. The number of nitrogens with one attached hydrogen (secondary N) is 3. The number of halogens is 2. The SMILES string of the molecule is COC[C@@H](C)NC(=O)C1=NCNC1(C(N)=O)C1CCC(C(=O)Nc2ccc(F)cc2Cl)CC1. The van der Waals surface area contributed by atoms with Gasteiger partial charge in [-0.05, 0) is 56.7 Å². The van der Waals surface area contributed by atoms with Crippen LogP contribution in [0.15, 0.2) is 23.2 Å². The summed E-state index contributed by atoms with van der Waals surface area (Å²) >= 11 is 6.00. The van der Waals surface area contributed by atoms with Crippen molar-refractivity contribution in [2.24, 2.45) is 22.6 Å². The van der Waals surface area contributed by atoms with E-state index in [1.165, 1.54) is 19.2 Å². The highest BCUT2D eigenvalue weighted by atomic mass is 35.5. The first-order valence-corrected chi connectivity index (χ1v) is 11.2. The number of hydrogen-bond acceptors (Lipinski definition) is 6. The van der Waals surface area contributed by atoms with Crippen molar-refractivity contribution in [3.8, 4) is 0 Å². The van der Waals surface area contributed by atoms with Gasteiger partial charge in [-0.2, -0.15) is 0 Å². The molecule has 11 heteroatoms. The van der Waals surface area contributed by atoms with Crippen LogP contribution in [0, 0.1) is 17.7 Å². The summed E-state index contributed by atoms with van der Waals surface area (Å²) in [4.78, 5) is 42.5. The molecular weight excluding hydrogens is 453 g/mol. The van der Waals surface area contributed by atoms with Crippen molar-refractivity contribution in [2.75, 3.05) is 25.7 Å². The highest BCUT2D eigenvalue weighted by molar-refractivity contribution is 6.47. The molecule has 0 aromatic heterocycles. The minimum Gasteiger partial charge on any atom is -0.383 e. The number of nitrogens with zero attached hydrogens (tertiary/aromatic N) is 1. The van der Waals surface area contributed by atoms with Gasteiger partial charge in [0, 0.05) is 19.1 Å². The number of carbonyl (C=O) groups is 3. The number of hydrogen-bond donors (Lipinski definition) is 4. The number of ether oxygens (including phenoxy) is 1. The van der Waals surface area contributed by atoms with Crippen LogP contribution in [0.25, 0.3) is 0 Å². The summed E-state index contributed by atoms with van der Waals surface area (Å²) in [7, 11) is 1.53. The van der Waals surface area contributed by atoms with Gasteiger partial charge < -0.3 is 21.1 Å². The van der Waals surface area contributed by atoms with Gasteiger partial charge >= 0.3 is 0 Å². The summed E-state index contributed by atoms with van der Waals surface area (Å²) in [5.41, 5.74) is 4.82. The Kier molecular flexibility index (Phi) is 8.04. The highest BCUT2D eigenvalue weighted by Crippen LogP contribution is 2.38. The number of carbonyl (C=O) groups excluding carboxylic acids is 3. The van der Waals surface area contributed by atoms with E-state index >= 15 is 0 Å². The summed E-state index contributed by atoms with van der Waals surface area (Å²) in [6.45, 7) is 2.20. The number of anilines is 1. The second-order valence-corrected chi connectivity index (χ2v) is 8.91. The zero-order valence-corrected chi connectivity index (χ0v) is 19.4. The molecule has 9 nitrogen and oxygen atoms in total. The molecule has 0 radical (unpaired) electrons. The van der Waals surface area contributed by atoms with E-state index in [-0.39, 0.29) is 41.2 Å². The standard InChI is InChI=1S/C22H29ClFN5O4/c1-12(10-33-2)28-20(31)18-22(21(25)32,27-11-26-18)14-5-3-13(4-6-14)19(30)29-17-8-7-15(24)9-16(17)23/h7-9,12-14,27H,3-6,10-11H2,1-2H3,(H2,25,32)(H,28,31)(H,29,30)/t12-,13?,14?,22?/m1/s1. The van der Waals surface area contributed by atoms with Crippen molar-refractivity contribution in [3.63, 3.8) is 0 Å². The van der Waals surface area contributed by atoms with Crippen LogP contribution in [0.2, 0.25) is 5.02 Å². The Morgan fingerprint density at radius 2 is 2.03 bits per heavy atom. The van der Waals surface area contributed by atoms with Crippen molar-refractivity contribution in [1.82, 2.24) is 10.6 Å². The molecule has 3 rings (SSSR count). The normalized spacial score (nSPS) is 25.8. The first kappa shape index (κ1) is 25.1. The maximum atomic E-state index is 13.2. The van der Waals surface area contributed by atoms with Crippen LogP contribution < -0.4 is 21.7 Å². The Labute approximate surface area is 196 Å². The Balaban J connectivity index is 1.68. The van der Waals surface area contributed by atoms with E-state index in [2.05, 4.69) is 20.9 Å². The van der Waals surface area contributed by atoms with Gasteiger partial charge in [-0.15, -0.1) is 0 Å². The summed E-state index contributed by atoms with van der Waals surface area (Å²) in [5.74, 6) is -2.46. The summed E-state index contributed by atoms with van der Waals surface area (Å²) in [6, 6.07) is 3.50. The molecule has 1 aromatic carbocycles. The summed E-state index contributed by atoms with van der Waals surface area (Å²) in [6.07, 6.45) is 1.96. The third kappa shape index (κ3) is 5.34. The molecule has 1 unspecified atom stereocenters. The zero-order valence-electron chi connectivity index (χ0n) is 18.6. The molecule has 1 heterocycles. The molecule has 0 saturated heterocycles. The van der Waals surface area contributed by atoms with Gasteiger partial charge in [0.05, 0.1) is 24.0 Å². The Bertz CT molecular complexity index is 951. The van der Waals surface area contributed by atoms with Gasteiger partial charge in [-0.1, -0.05) is 11.6 Å². The Morgan fingerprint density at radius 1 is 1.33 bits per heavy atom. The fraction of sp³-hybridized carbons (Fsp3) is 0.545. The molecule has 1 aromatic rings. The summed E-state index contributed by atoms with van der Waals surface area (Å²) < 4.78 is 18.3. The minimum absolute atomic E-state index is 0.0731. The van der Waals surface area contributed by atoms with Gasteiger partial charge in [0.2, 0.25) is 11.8 Å². The van der Waals surface area contributed by atoms with Crippen LogP contribution in [0.4, 0.5) is 10.1 Å². The second kappa shape index (κ2) is 10.6. The average Bonchev–Trinajstić information content (AvgIpc) is 3.22. The van der Waals surface area contributed by atoms with Gasteiger partial charge in [0.25, 0.3) is 5.91 Å². The maximum Gasteiger partial charge on any atom is 0.268 e. The van der Waals surface area contributed by atoms with Crippen molar-refractivity contribution in [1.29, 1.82) is 0 Å². The third-order valence-electron chi connectivity index (χ3n) is 6.27. The fourth-order valence-electron chi connectivity index (χ4n) is 4.64. The van der Waals surface area contributed by atoms with Gasteiger partial charge in [0.1, 0.15) is 17.1 Å². The molecule has 33 heavy (non-hydrogen) atoms. The maximum absolute atomic E-state index is 13.2. The predicted molar refractivity (Wildman–Crippen MR) is 122 cm³/mol. The lowest BCUT2D eigenvalue weighted by molar-refractivity contribution is -0.126. The lowest BCUT2D eigenvalue weighted by atomic mass is 9.69.